The van der Waals surface area contributed by atoms with E-state index in [0.717, 1.165) is 19.3 Å². The number of methoxy groups -OCH3 is 1. The lowest BCUT2D eigenvalue weighted by Gasteiger charge is -2.13. The standard InChI is InChI=1S/C17H21ClN2O6/c1-3-6-25-15-12(18)7-10(8-13(15)24-2)16(22)26-9-14(21)20-17(23)19-11-4-5-11/h7-8,11H,3-6,9H2,1-2H3,(H2,19,20,21,23). The number of ether oxygens (including phenoxy) is 3. The fourth-order valence-electron chi connectivity index (χ4n) is 2.01. The number of hydrogen-bond donors (Lipinski definition) is 2. The van der Waals surface area contributed by atoms with Gasteiger partial charge in [-0.3, -0.25) is 10.1 Å². The zero-order chi connectivity index (χ0) is 19.1. The molecule has 1 aliphatic rings. The molecular formula is C17H21ClN2O6. The fraction of sp³-hybridized carbons (Fsp3) is 0.471. The van der Waals surface area contributed by atoms with Gasteiger partial charge in [0.15, 0.2) is 18.1 Å². The maximum absolute atomic E-state index is 12.1. The first-order valence-electron chi connectivity index (χ1n) is 8.22. The fourth-order valence-corrected chi connectivity index (χ4v) is 2.27. The van der Waals surface area contributed by atoms with E-state index in [1.165, 1.54) is 19.2 Å². The van der Waals surface area contributed by atoms with Crippen molar-refractivity contribution in [2.75, 3.05) is 20.3 Å². The first kappa shape index (κ1) is 19.8. The quantitative estimate of drug-likeness (QED) is 0.666. The van der Waals surface area contributed by atoms with Gasteiger partial charge in [0, 0.05) is 6.04 Å². The molecule has 1 saturated carbocycles. The van der Waals surface area contributed by atoms with E-state index in [0.29, 0.717) is 12.4 Å². The van der Waals surface area contributed by atoms with Gasteiger partial charge in [0.25, 0.3) is 5.91 Å². The summed E-state index contributed by atoms with van der Waals surface area (Å²) in [7, 11) is 1.42. The van der Waals surface area contributed by atoms with Crippen LogP contribution in [-0.2, 0) is 9.53 Å². The van der Waals surface area contributed by atoms with Crippen LogP contribution in [0.2, 0.25) is 5.02 Å². The van der Waals surface area contributed by atoms with Gasteiger partial charge in [-0.15, -0.1) is 0 Å². The van der Waals surface area contributed by atoms with Gasteiger partial charge in [0.05, 0.1) is 24.3 Å². The molecule has 1 aromatic rings. The minimum atomic E-state index is -0.773. The van der Waals surface area contributed by atoms with E-state index in [4.69, 9.17) is 25.8 Å². The highest BCUT2D eigenvalue weighted by molar-refractivity contribution is 6.32. The summed E-state index contributed by atoms with van der Waals surface area (Å²) in [6.07, 6.45) is 2.58. The number of halogens is 1. The molecule has 1 aliphatic carbocycles. The zero-order valence-electron chi connectivity index (χ0n) is 14.6. The lowest BCUT2D eigenvalue weighted by atomic mass is 10.2. The van der Waals surface area contributed by atoms with Crippen LogP contribution in [-0.4, -0.2) is 44.3 Å². The SMILES string of the molecule is CCCOc1c(Cl)cc(C(=O)OCC(=O)NC(=O)NC2CC2)cc1OC. The van der Waals surface area contributed by atoms with Crippen LogP contribution in [0.3, 0.4) is 0 Å². The van der Waals surface area contributed by atoms with Crippen LogP contribution in [0.15, 0.2) is 12.1 Å². The Morgan fingerprint density at radius 1 is 1.27 bits per heavy atom. The molecule has 0 atom stereocenters. The highest BCUT2D eigenvalue weighted by atomic mass is 35.5. The lowest BCUT2D eigenvalue weighted by molar-refractivity contribution is -0.123. The van der Waals surface area contributed by atoms with Crippen molar-refractivity contribution in [2.24, 2.45) is 0 Å². The average molecular weight is 385 g/mol. The molecule has 0 saturated heterocycles. The second kappa shape index (κ2) is 9.28. The van der Waals surface area contributed by atoms with Gasteiger partial charge in [-0.2, -0.15) is 0 Å². The van der Waals surface area contributed by atoms with Gasteiger partial charge >= 0.3 is 12.0 Å². The van der Waals surface area contributed by atoms with Crippen molar-refractivity contribution in [1.29, 1.82) is 0 Å². The maximum Gasteiger partial charge on any atom is 0.338 e. The molecule has 2 N–H and O–H groups in total. The number of urea groups is 1. The molecule has 0 aliphatic heterocycles. The largest absolute Gasteiger partial charge is 0.493 e. The Hall–Kier alpha value is -2.48. The number of amides is 3. The molecule has 0 bridgehead atoms. The van der Waals surface area contributed by atoms with Gasteiger partial charge in [0.2, 0.25) is 0 Å². The molecule has 0 heterocycles. The predicted octanol–water partition coefficient (Wildman–Crippen LogP) is 2.28. The Balaban J connectivity index is 1.92. The van der Waals surface area contributed by atoms with Crippen molar-refractivity contribution >= 4 is 29.5 Å². The summed E-state index contributed by atoms with van der Waals surface area (Å²) >= 11 is 6.13. The van der Waals surface area contributed by atoms with Gasteiger partial charge in [-0.1, -0.05) is 18.5 Å². The molecule has 8 nitrogen and oxygen atoms in total. The van der Waals surface area contributed by atoms with Crippen molar-refractivity contribution in [1.82, 2.24) is 10.6 Å². The van der Waals surface area contributed by atoms with Gasteiger partial charge < -0.3 is 19.5 Å². The van der Waals surface area contributed by atoms with Crippen LogP contribution in [0.4, 0.5) is 4.79 Å². The van der Waals surface area contributed by atoms with E-state index < -0.39 is 24.5 Å². The number of carbonyl (C=O) groups is 3. The first-order valence-corrected chi connectivity index (χ1v) is 8.60. The molecule has 0 spiro atoms. The number of hydrogen-bond acceptors (Lipinski definition) is 6. The molecule has 0 radical (unpaired) electrons. The molecule has 3 amide bonds. The van der Waals surface area contributed by atoms with Gasteiger partial charge in [-0.25, -0.2) is 9.59 Å². The predicted molar refractivity (Wildman–Crippen MR) is 93.8 cm³/mol. The van der Waals surface area contributed by atoms with Crippen molar-refractivity contribution in [3.63, 3.8) is 0 Å². The third-order valence-electron chi connectivity index (χ3n) is 3.42. The third-order valence-corrected chi connectivity index (χ3v) is 3.70. The summed E-state index contributed by atoms with van der Waals surface area (Å²) < 4.78 is 15.6. The Bertz CT molecular complexity index is 690. The van der Waals surface area contributed by atoms with Gasteiger partial charge in [0.1, 0.15) is 0 Å². The van der Waals surface area contributed by atoms with Crippen molar-refractivity contribution in [3.05, 3.63) is 22.7 Å². The average Bonchev–Trinajstić information content (AvgIpc) is 3.41. The molecule has 1 aromatic carbocycles. The van der Waals surface area contributed by atoms with E-state index in [1.54, 1.807) is 0 Å². The molecule has 26 heavy (non-hydrogen) atoms. The highest BCUT2D eigenvalue weighted by Crippen LogP contribution is 2.36. The molecule has 142 valence electrons. The molecule has 2 rings (SSSR count). The lowest BCUT2D eigenvalue weighted by Crippen LogP contribution is -2.42. The molecule has 0 aromatic heterocycles. The smallest absolute Gasteiger partial charge is 0.338 e. The Morgan fingerprint density at radius 2 is 2.00 bits per heavy atom. The minimum absolute atomic E-state index is 0.103. The maximum atomic E-state index is 12.1. The minimum Gasteiger partial charge on any atom is -0.493 e. The summed E-state index contributed by atoms with van der Waals surface area (Å²) in [6.45, 7) is 1.80. The van der Waals surface area contributed by atoms with Crippen LogP contribution in [0.25, 0.3) is 0 Å². The van der Waals surface area contributed by atoms with E-state index in [1.807, 2.05) is 6.92 Å². The number of benzene rings is 1. The highest BCUT2D eigenvalue weighted by Gasteiger charge is 2.24. The van der Waals surface area contributed by atoms with Crippen molar-refractivity contribution in [3.8, 4) is 11.5 Å². The Morgan fingerprint density at radius 3 is 2.62 bits per heavy atom. The van der Waals surface area contributed by atoms with Crippen molar-refractivity contribution in [2.45, 2.75) is 32.2 Å². The van der Waals surface area contributed by atoms with Crippen LogP contribution >= 0.6 is 11.6 Å². The Kier molecular flexibility index (Phi) is 7.08. The van der Waals surface area contributed by atoms with E-state index in [9.17, 15) is 14.4 Å². The zero-order valence-corrected chi connectivity index (χ0v) is 15.4. The number of rotatable bonds is 8. The summed E-state index contributed by atoms with van der Waals surface area (Å²) in [5, 5.41) is 4.87. The molecule has 0 unspecified atom stereocenters. The third kappa shape index (κ3) is 5.80. The first-order chi connectivity index (χ1) is 12.4. The topological polar surface area (TPSA) is 103 Å². The van der Waals surface area contributed by atoms with Crippen LogP contribution in [0.5, 0.6) is 11.5 Å². The number of esters is 1. The second-order valence-electron chi connectivity index (χ2n) is 5.71. The number of imide groups is 1. The molecule has 1 fully saturated rings. The van der Waals surface area contributed by atoms with Crippen LogP contribution in [0.1, 0.15) is 36.5 Å². The van der Waals surface area contributed by atoms with E-state index >= 15 is 0 Å². The normalized spacial score (nSPS) is 12.9. The van der Waals surface area contributed by atoms with E-state index in [2.05, 4.69) is 10.6 Å². The summed E-state index contributed by atoms with van der Waals surface area (Å²) in [5.41, 5.74) is 0.103. The van der Waals surface area contributed by atoms with Crippen LogP contribution < -0.4 is 20.1 Å². The molecular weight excluding hydrogens is 364 g/mol. The summed E-state index contributed by atoms with van der Waals surface area (Å²) in [6, 6.07) is 2.30. The second-order valence-corrected chi connectivity index (χ2v) is 6.12. The number of carbonyl (C=O) groups excluding carboxylic acids is 3. The van der Waals surface area contributed by atoms with Crippen molar-refractivity contribution < 1.29 is 28.6 Å². The van der Waals surface area contributed by atoms with Crippen LogP contribution in [0, 0.1) is 0 Å². The monoisotopic (exact) mass is 384 g/mol. The summed E-state index contributed by atoms with van der Waals surface area (Å²) in [5.74, 6) is -0.879. The van der Waals surface area contributed by atoms with E-state index in [-0.39, 0.29) is 22.4 Å². The number of nitrogens with one attached hydrogen (secondary N) is 2. The molecule has 9 heteroatoms. The Labute approximate surface area is 156 Å². The summed E-state index contributed by atoms with van der Waals surface area (Å²) in [4.78, 5) is 35.2. The van der Waals surface area contributed by atoms with Gasteiger partial charge in [-0.05, 0) is 31.4 Å².